The maximum Gasteiger partial charge on any atom is 0.149 e. The summed E-state index contributed by atoms with van der Waals surface area (Å²) in [5, 5.41) is 3.62. The minimum Gasteiger partial charge on any atom is -0.381 e. The molecule has 0 aliphatic carbocycles. The van der Waals surface area contributed by atoms with Crippen LogP contribution in [0.4, 0.5) is 10.2 Å². The zero-order valence-corrected chi connectivity index (χ0v) is 12.8. The Labute approximate surface area is 133 Å². The molecule has 3 rings (SSSR count). The molecule has 1 N–H and O–H groups in total. The van der Waals surface area contributed by atoms with Crippen LogP contribution in [0, 0.1) is 5.82 Å². The molecule has 1 saturated heterocycles. The summed E-state index contributed by atoms with van der Waals surface area (Å²) in [6.07, 6.45) is 4.78. The molecular formula is C16H17ClFN3O. The number of rotatable bonds is 4. The highest BCUT2D eigenvalue weighted by Gasteiger charge is 2.34. The van der Waals surface area contributed by atoms with E-state index in [1.807, 2.05) is 6.07 Å². The fourth-order valence-electron chi connectivity index (χ4n) is 2.84. The molecule has 0 saturated carbocycles. The fourth-order valence-corrected chi connectivity index (χ4v) is 2.98. The first-order valence-corrected chi connectivity index (χ1v) is 7.61. The number of hydrogen-bond acceptors (Lipinski definition) is 4. The maximum atomic E-state index is 13.6. The van der Waals surface area contributed by atoms with Gasteiger partial charge >= 0.3 is 0 Å². The molecule has 1 aliphatic rings. The van der Waals surface area contributed by atoms with Gasteiger partial charge in [-0.1, -0.05) is 23.7 Å². The Balaban J connectivity index is 1.83. The molecule has 1 aromatic carbocycles. The predicted octanol–water partition coefficient (Wildman–Crippen LogP) is 3.43. The Morgan fingerprint density at radius 1 is 1.27 bits per heavy atom. The highest BCUT2D eigenvalue weighted by atomic mass is 35.5. The lowest BCUT2D eigenvalue weighted by Crippen LogP contribution is -2.40. The van der Waals surface area contributed by atoms with E-state index in [1.54, 1.807) is 18.3 Å². The highest BCUT2D eigenvalue weighted by Crippen LogP contribution is 2.35. The third-order valence-corrected chi connectivity index (χ3v) is 4.28. The van der Waals surface area contributed by atoms with E-state index in [0.717, 1.165) is 18.4 Å². The topological polar surface area (TPSA) is 47.0 Å². The number of aromatic nitrogens is 2. The van der Waals surface area contributed by atoms with Crippen LogP contribution in [0.1, 0.15) is 18.4 Å². The van der Waals surface area contributed by atoms with Crippen molar-refractivity contribution in [1.29, 1.82) is 0 Å². The van der Waals surface area contributed by atoms with Crippen LogP contribution < -0.4 is 5.32 Å². The first-order chi connectivity index (χ1) is 10.7. The molecule has 2 aromatic rings. The van der Waals surface area contributed by atoms with E-state index in [1.165, 1.54) is 12.3 Å². The molecule has 2 heterocycles. The van der Waals surface area contributed by atoms with E-state index in [2.05, 4.69) is 15.3 Å². The Morgan fingerprint density at radius 2 is 2.09 bits per heavy atom. The lowest BCUT2D eigenvalue weighted by Gasteiger charge is -2.38. The van der Waals surface area contributed by atoms with E-state index in [4.69, 9.17) is 16.3 Å². The van der Waals surface area contributed by atoms with Gasteiger partial charge < -0.3 is 10.1 Å². The molecule has 116 valence electrons. The summed E-state index contributed by atoms with van der Waals surface area (Å²) in [6, 6.07) is 6.80. The van der Waals surface area contributed by atoms with Gasteiger partial charge in [0.05, 0.1) is 12.4 Å². The van der Waals surface area contributed by atoms with Gasteiger partial charge in [-0.2, -0.15) is 0 Å². The number of benzene rings is 1. The molecule has 1 fully saturated rings. The third kappa shape index (κ3) is 3.36. The van der Waals surface area contributed by atoms with Crippen molar-refractivity contribution < 1.29 is 9.13 Å². The zero-order valence-electron chi connectivity index (χ0n) is 12.1. The summed E-state index contributed by atoms with van der Waals surface area (Å²) < 4.78 is 19.1. The Kier molecular flexibility index (Phi) is 4.55. The van der Waals surface area contributed by atoms with Crippen LogP contribution in [0.3, 0.4) is 0 Å². The van der Waals surface area contributed by atoms with Gasteiger partial charge in [-0.3, -0.25) is 4.98 Å². The van der Waals surface area contributed by atoms with Crippen molar-refractivity contribution in [2.45, 2.75) is 18.3 Å². The van der Waals surface area contributed by atoms with Gasteiger partial charge in [0.2, 0.25) is 0 Å². The van der Waals surface area contributed by atoms with Gasteiger partial charge in [0.25, 0.3) is 0 Å². The van der Waals surface area contributed by atoms with E-state index >= 15 is 0 Å². The van der Waals surface area contributed by atoms with Crippen molar-refractivity contribution in [2.24, 2.45) is 0 Å². The summed E-state index contributed by atoms with van der Waals surface area (Å²) in [7, 11) is 0. The largest absolute Gasteiger partial charge is 0.381 e. The highest BCUT2D eigenvalue weighted by molar-refractivity contribution is 6.29. The van der Waals surface area contributed by atoms with Crippen molar-refractivity contribution >= 4 is 17.4 Å². The minimum atomic E-state index is -0.217. The second-order valence-electron chi connectivity index (χ2n) is 5.48. The van der Waals surface area contributed by atoms with Crippen LogP contribution in [0.15, 0.2) is 36.7 Å². The van der Waals surface area contributed by atoms with Crippen LogP contribution in [0.25, 0.3) is 0 Å². The first kappa shape index (κ1) is 15.2. The zero-order chi connectivity index (χ0) is 15.4. The van der Waals surface area contributed by atoms with Crippen molar-refractivity contribution in [2.75, 3.05) is 25.1 Å². The van der Waals surface area contributed by atoms with Crippen LogP contribution >= 0.6 is 11.6 Å². The van der Waals surface area contributed by atoms with Crippen molar-refractivity contribution in [3.63, 3.8) is 0 Å². The van der Waals surface area contributed by atoms with Crippen LogP contribution in [0.5, 0.6) is 0 Å². The monoisotopic (exact) mass is 321 g/mol. The number of halogens is 2. The lowest BCUT2D eigenvalue weighted by atomic mass is 9.74. The summed E-state index contributed by atoms with van der Waals surface area (Å²) in [5.41, 5.74) is 0.808. The summed E-state index contributed by atoms with van der Waals surface area (Å²) in [5.74, 6) is 0.403. The van der Waals surface area contributed by atoms with Gasteiger partial charge in [-0.25, -0.2) is 9.37 Å². The molecule has 1 aromatic heterocycles. The molecule has 4 nitrogen and oxygen atoms in total. The van der Waals surface area contributed by atoms with E-state index in [9.17, 15) is 4.39 Å². The van der Waals surface area contributed by atoms with Crippen LogP contribution in [-0.4, -0.2) is 29.7 Å². The van der Waals surface area contributed by atoms with Gasteiger partial charge in [-0.05, 0) is 30.5 Å². The average molecular weight is 322 g/mol. The molecule has 0 amide bonds. The maximum absolute atomic E-state index is 13.6. The molecule has 0 spiro atoms. The van der Waals surface area contributed by atoms with Gasteiger partial charge in [0, 0.05) is 25.2 Å². The predicted molar refractivity (Wildman–Crippen MR) is 83.7 cm³/mol. The Bertz CT molecular complexity index is 647. The van der Waals surface area contributed by atoms with E-state index in [0.29, 0.717) is 30.7 Å². The second-order valence-corrected chi connectivity index (χ2v) is 5.87. The molecule has 0 unspecified atom stereocenters. The molecule has 0 radical (unpaired) electrons. The van der Waals surface area contributed by atoms with Gasteiger partial charge in [0.15, 0.2) is 0 Å². The van der Waals surface area contributed by atoms with Gasteiger partial charge in [0.1, 0.15) is 16.8 Å². The second kappa shape index (κ2) is 6.58. The third-order valence-electron chi connectivity index (χ3n) is 4.10. The molecule has 1 aliphatic heterocycles. The first-order valence-electron chi connectivity index (χ1n) is 7.23. The minimum absolute atomic E-state index is 0.176. The summed E-state index contributed by atoms with van der Waals surface area (Å²) in [4.78, 5) is 8.20. The fraction of sp³-hybridized carbons (Fsp3) is 0.375. The molecule has 0 atom stereocenters. The number of anilines is 1. The summed E-state index contributed by atoms with van der Waals surface area (Å²) in [6.45, 7) is 1.97. The SMILES string of the molecule is Fc1cccc(C2(CNc3cncc(Cl)n3)CCOCC2)c1. The smallest absolute Gasteiger partial charge is 0.149 e. The number of nitrogens with one attached hydrogen (secondary N) is 1. The van der Waals surface area contributed by atoms with Crippen molar-refractivity contribution in [3.05, 3.63) is 53.2 Å². The quantitative estimate of drug-likeness (QED) is 0.937. The van der Waals surface area contributed by atoms with Crippen molar-refractivity contribution in [3.8, 4) is 0 Å². The number of nitrogens with zero attached hydrogens (tertiary/aromatic N) is 2. The summed E-state index contributed by atoms with van der Waals surface area (Å²) >= 11 is 5.86. The Hall–Kier alpha value is -1.72. The van der Waals surface area contributed by atoms with Crippen LogP contribution in [-0.2, 0) is 10.2 Å². The molecule has 6 heteroatoms. The van der Waals surface area contributed by atoms with Crippen molar-refractivity contribution in [1.82, 2.24) is 9.97 Å². The normalized spacial score (nSPS) is 17.2. The Morgan fingerprint density at radius 3 is 2.82 bits per heavy atom. The van der Waals surface area contributed by atoms with Crippen LogP contribution in [0.2, 0.25) is 5.15 Å². The van der Waals surface area contributed by atoms with E-state index < -0.39 is 0 Å². The molecular weight excluding hydrogens is 305 g/mol. The van der Waals surface area contributed by atoms with Gasteiger partial charge in [-0.15, -0.1) is 0 Å². The van der Waals surface area contributed by atoms with E-state index in [-0.39, 0.29) is 11.2 Å². The number of ether oxygens (including phenoxy) is 1. The number of hydrogen-bond donors (Lipinski definition) is 1. The average Bonchev–Trinajstić information content (AvgIpc) is 2.54. The lowest BCUT2D eigenvalue weighted by molar-refractivity contribution is 0.0542. The standard InChI is InChI=1S/C16H17ClFN3O/c17-14-9-19-10-15(21-14)20-11-16(4-6-22-7-5-16)12-2-1-3-13(18)8-12/h1-3,8-10H,4-7,11H2,(H,20,21). The molecule has 22 heavy (non-hydrogen) atoms. The molecule has 0 bridgehead atoms.